The van der Waals surface area contributed by atoms with Gasteiger partial charge in [-0.05, 0) is 215 Å². The fourth-order valence-corrected chi connectivity index (χ4v) is 14.9. The molecular formula is C66H87BN2O. The van der Waals surface area contributed by atoms with E-state index in [1.165, 1.54) is 133 Å². The SMILES string of the molecule is Cc1cc2c(cc1N1c3cc4c(cc3B3C5=C(OCC6=C5C(C)(C)CCC6(C)C)N(c5ccc6c(c5)C(C)(C)CCC6(C)C)c5cc(C(C)(C)C)cc1c53)C(C)(C)CCC4(C)C)C(C)(C)CCC2(C)C. The molecule has 0 spiro atoms. The zero-order chi connectivity index (χ0) is 50.6. The number of nitrogens with zero attached hydrogens (tertiary/aromatic N) is 2. The highest BCUT2D eigenvalue weighted by Gasteiger charge is 2.55. The topological polar surface area (TPSA) is 15.7 Å². The Morgan fingerprint density at radius 3 is 1.44 bits per heavy atom. The average molecular weight is 935 g/mol. The fraction of sp³-hybridized carbons (Fsp3) is 0.576. The number of ether oxygens (including phenoxy) is 1. The Balaban J connectivity index is 1.32. The summed E-state index contributed by atoms with van der Waals surface area (Å²) in [5.41, 5.74) is 26.0. The van der Waals surface area contributed by atoms with Gasteiger partial charge in [0.15, 0.2) is 5.88 Å². The molecule has 70 heavy (non-hydrogen) atoms. The number of benzene rings is 4. The van der Waals surface area contributed by atoms with Crippen LogP contribution in [0.3, 0.4) is 0 Å². The molecule has 4 aliphatic carbocycles. The Hall–Kier alpha value is -4.18. The normalized spacial score (nSPS) is 24.3. The minimum atomic E-state index is -0.119. The lowest BCUT2D eigenvalue weighted by Gasteiger charge is -2.53. The maximum atomic E-state index is 7.63. The Kier molecular flexibility index (Phi) is 9.98. The van der Waals surface area contributed by atoms with Gasteiger partial charge in [0.05, 0.1) is 0 Å². The summed E-state index contributed by atoms with van der Waals surface area (Å²) in [4.78, 5) is 5.43. The van der Waals surface area contributed by atoms with Gasteiger partial charge in [-0.2, -0.15) is 0 Å². The maximum Gasteiger partial charge on any atom is 0.256 e. The number of hydrogen-bond acceptors (Lipinski definition) is 3. The molecule has 3 nitrogen and oxygen atoms in total. The van der Waals surface area contributed by atoms with Crippen molar-refractivity contribution in [2.45, 2.75) is 228 Å². The van der Waals surface area contributed by atoms with Crippen molar-refractivity contribution in [3.8, 4) is 0 Å². The molecule has 0 atom stereocenters. The van der Waals surface area contributed by atoms with Gasteiger partial charge in [0, 0.05) is 28.4 Å². The van der Waals surface area contributed by atoms with E-state index in [0.717, 1.165) is 18.7 Å². The molecule has 3 aliphatic heterocycles. The molecular weight excluding hydrogens is 848 g/mol. The van der Waals surface area contributed by atoms with Gasteiger partial charge in [-0.15, -0.1) is 0 Å². The first-order chi connectivity index (χ1) is 32.2. The van der Waals surface area contributed by atoms with Gasteiger partial charge in [-0.3, -0.25) is 4.90 Å². The summed E-state index contributed by atoms with van der Waals surface area (Å²) in [7, 11) is 0. The van der Waals surface area contributed by atoms with Gasteiger partial charge in [0.1, 0.15) is 6.61 Å². The van der Waals surface area contributed by atoms with Crippen molar-refractivity contribution in [3.63, 3.8) is 0 Å². The van der Waals surface area contributed by atoms with Crippen molar-refractivity contribution in [2.75, 3.05) is 16.4 Å². The van der Waals surface area contributed by atoms with Crippen molar-refractivity contribution in [1.29, 1.82) is 0 Å². The van der Waals surface area contributed by atoms with Crippen LogP contribution in [0.4, 0.5) is 28.4 Å². The van der Waals surface area contributed by atoms with Crippen LogP contribution in [0.1, 0.15) is 227 Å². The van der Waals surface area contributed by atoms with E-state index >= 15 is 0 Å². The van der Waals surface area contributed by atoms with E-state index in [1.54, 1.807) is 5.57 Å². The molecule has 0 aromatic heterocycles. The van der Waals surface area contributed by atoms with Gasteiger partial charge >= 0.3 is 0 Å². The minimum absolute atomic E-state index is 0.0116. The zero-order valence-corrected chi connectivity index (χ0v) is 47.4. The highest BCUT2D eigenvalue weighted by Crippen LogP contribution is 2.60. The highest BCUT2D eigenvalue weighted by atomic mass is 16.5. The molecule has 0 saturated carbocycles. The molecule has 7 aliphatic rings. The second-order valence-corrected chi connectivity index (χ2v) is 30.1. The lowest BCUT2D eigenvalue weighted by Crippen LogP contribution is -2.59. The van der Waals surface area contributed by atoms with Crippen molar-refractivity contribution < 1.29 is 4.74 Å². The Morgan fingerprint density at radius 1 is 0.457 bits per heavy atom. The molecule has 0 saturated heterocycles. The molecule has 4 heteroatoms. The monoisotopic (exact) mass is 935 g/mol. The Morgan fingerprint density at radius 2 is 0.900 bits per heavy atom. The van der Waals surface area contributed by atoms with Crippen LogP contribution in [-0.4, -0.2) is 13.3 Å². The molecule has 370 valence electrons. The van der Waals surface area contributed by atoms with Crippen molar-refractivity contribution in [2.24, 2.45) is 10.8 Å². The lowest BCUT2D eigenvalue weighted by molar-refractivity contribution is 0.167. The van der Waals surface area contributed by atoms with Crippen molar-refractivity contribution in [3.05, 3.63) is 122 Å². The first kappa shape index (κ1) is 48.1. The quantitative estimate of drug-likeness (QED) is 0.186. The summed E-state index contributed by atoms with van der Waals surface area (Å²) in [6, 6.07) is 23.5. The fourth-order valence-electron chi connectivity index (χ4n) is 14.9. The van der Waals surface area contributed by atoms with E-state index in [0.29, 0.717) is 6.61 Å². The summed E-state index contributed by atoms with van der Waals surface area (Å²) in [6.07, 6.45) is 9.43. The van der Waals surface area contributed by atoms with E-state index in [2.05, 4.69) is 203 Å². The van der Waals surface area contributed by atoms with Crippen LogP contribution >= 0.6 is 0 Å². The summed E-state index contributed by atoms with van der Waals surface area (Å²) >= 11 is 0. The van der Waals surface area contributed by atoms with Crippen LogP contribution in [0.2, 0.25) is 0 Å². The average Bonchev–Trinajstić information content (AvgIpc) is 3.26. The number of fused-ring (bicyclic) bond motifs is 7. The smallest absolute Gasteiger partial charge is 0.256 e. The summed E-state index contributed by atoms with van der Waals surface area (Å²) in [5.74, 6) is 1.05. The van der Waals surface area contributed by atoms with Crippen LogP contribution in [0.15, 0.2) is 77.1 Å². The highest BCUT2D eigenvalue weighted by molar-refractivity contribution is 6.96. The summed E-state index contributed by atoms with van der Waals surface area (Å²) in [5, 5.41) is 0. The Labute approximate surface area is 425 Å². The molecule has 0 amide bonds. The van der Waals surface area contributed by atoms with Crippen LogP contribution in [0.25, 0.3) is 0 Å². The van der Waals surface area contributed by atoms with Gasteiger partial charge in [0.25, 0.3) is 6.71 Å². The molecule has 3 heterocycles. The van der Waals surface area contributed by atoms with E-state index in [4.69, 9.17) is 4.74 Å². The molecule has 0 bridgehead atoms. The molecule has 0 fully saturated rings. The standard InChI is InChI=1S/C66H87BN2O/c1-39-31-43-46(63(13,14)27-25-60(43,7)8)36-50(39)69-51-37-47-45(62(11,12)26-28-64(47,15)16)35-49(51)67-55-52(32-40(33-53(55)69)58(2,3)4)68(41-21-22-42-44(34-41)61(9,10)24-23-59(42,5)6)57-56(67)54-48(38-70-57)65(17,18)29-30-66(54,19)20/h21-22,31-37H,23-30,38H2,1-20H3. The summed E-state index contributed by atoms with van der Waals surface area (Å²) < 4.78 is 7.63. The first-order valence-corrected chi connectivity index (χ1v) is 27.6. The molecule has 4 aromatic carbocycles. The number of allylic oxidation sites excluding steroid dienone is 2. The predicted octanol–water partition coefficient (Wildman–Crippen LogP) is 16.8. The van der Waals surface area contributed by atoms with Crippen LogP contribution in [0.5, 0.6) is 0 Å². The number of anilines is 5. The van der Waals surface area contributed by atoms with Crippen LogP contribution < -0.4 is 20.7 Å². The van der Waals surface area contributed by atoms with Crippen molar-refractivity contribution >= 4 is 46.1 Å². The predicted molar refractivity (Wildman–Crippen MR) is 301 cm³/mol. The largest absolute Gasteiger partial charge is 0.474 e. The van der Waals surface area contributed by atoms with Gasteiger partial charge in [0.2, 0.25) is 0 Å². The third-order valence-corrected chi connectivity index (χ3v) is 20.3. The zero-order valence-electron chi connectivity index (χ0n) is 47.4. The first-order valence-electron chi connectivity index (χ1n) is 27.6. The molecule has 11 rings (SSSR count). The third-order valence-electron chi connectivity index (χ3n) is 20.3. The minimum Gasteiger partial charge on any atom is -0.474 e. The van der Waals surface area contributed by atoms with E-state index in [-0.39, 0.29) is 55.4 Å². The molecule has 0 N–H and O–H groups in total. The van der Waals surface area contributed by atoms with E-state index in [1.807, 2.05) is 0 Å². The molecule has 0 radical (unpaired) electrons. The number of hydrogen-bond donors (Lipinski definition) is 0. The van der Waals surface area contributed by atoms with Gasteiger partial charge in [-0.25, -0.2) is 0 Å². The van der Waals surface area contributed by atoms with E-state index < -0.39 is 0 Å². The lowest BCUT2D eigenvalue weighted by atomic mass is 9.30. The second-order valence-electron chi connectivity index (χ2n) is 30.1. The van der Waals surface area contributed by atoms with Crippen molar-refractivity contribution in [1.82, 2.24) is 0 Å². The van der Waals surface area contributed by atoms with Gasteiger partial charge < -0.3 is 9.64 Å². The number of aryl methyl sites for hydroxylation is 1. The second kappa shape index (κ2) is 14.5. The van der Waals surface area contributed by atoms with Crippen LogP contribution in [-0.2, 0) is 42.6 Å². The van der Waals surface area contributed by atoms with E-state index in [9.17, 15) is 0 Å². The summed E-state index contributed by atoms with van der Waals surface area (Å²) in [6.45, 7) is 50.2. The van der Waals surface area contributed by atoms with Gasteiger partial charge in [-0.1, -0.05) is 150 Å². The number of rotatable bonds is 2. The van der Waals surface area contributed by atoms with Crippen LogP contribution in [0, 0.1) is 17.8 Å². The molecule has 4 aromatic rings. The third kappa shape index (κ3) is 6.85. The molecule has 0 unspecified atom stereocenters. The Bertz CT molecular complexity index is 3010. The maximum absolute atomic E-state index is 7.63.